The minimum Gasteiger partial charge on any atom is -0.0659 e. The van der Waals surface area contributed by atoms with Crippen molar-refractivity contribution < 1.29 is 0 Å². The predicted molar refractivity (Wildman–Crippen MR) is 63.3 cm³/mol. The molecule has 1 saturated carbocycles. The Morgan fingerprint density at radius 1 is 1.29 bits per heavy atom. The second kappa shape index (κ2) is 2.70. The second-order valence-corrected chi connectivity index (χ2v) is 6.90. The number of allylic oxidation sites excluding steroid dienone is 1. The molecule has 2 aliphatic rings. The summed E-state index contributed by atoms with van der Waals surface area (Å²) in [6.45, 7) is 4.74. The van der Waals surface area contributed by atoms with Gasteiger partial charge in [0.15, 0.2) is 0 Å². The fourth-order valence-corrected chi connectivity index (χ4v) is 5.78. The molecule has 0 unspecified atom stereocenters. The zero-order valence-electron chi connectivity index (χ0n) is 8.70. The number of rotatable bonds is 1. The Kier molecular flexibility index (Phi) is 1.67. The van der Waals surface area contributed by atoms with Crippen LogP contribution < -0.4 is 5.30 Å². The Balaban J connectivity index is 1.97. The van der Waals surface area contributed by atoms with Crippen molar-refractivity contribution >= 4 is 13.2 Å². The molecule has 1 aromatic rings. The fourth-order valence-electron chi connectivity index (χ4n) is 2.47. The monoisotopic (exact) mass is 202 g/mol. The Labute approximate surface area is 86.8 Å². The lowest BCUT2D eigenvalue weighted by molar-refractivity contribution is 0.702. The van der Waals surface area contributed by atoms with E-state index in [1.165, 1.54) is 6.42 Å². The Morgan fingerprint density at radius 3 is 2.50 bits per heavy atom. The van der Waals surface area contributed by atoms with Gasteiger partial charge in [-0.3, -0.25) is 0 Å². The maximum Gasteiger partial charge on any atom is -0.00343 e. The van der Waals surface area contributed by atoms with E-state index in [0.29, 0.717) is 5.41 Å². The van der Waals surface area contributed by atoms with E-state index in [2.05, 4.69) is 50.0 Å². The summed E-state index contributed by atoms with van der Waals surface area (Å²) in [6.07, 6.45) is 1.43. The quantitative estimate of drug-likeness (QED) is 0.611. The molecule has 0 spiro atoms. The van der Waals surface area contributed by atoms with E-state index < -0.39 is 0 Å². The van der Waals surface area contributed by atoms with E-state index in [0.717, 1.165) is 5.66 Å². The van der Waals surface area contributed by atoms with Crippen LogP contribution in [0.3, 0.4) is 0 Å². The van der Waals surface area contributed by atoms with Gasteiger partial charge in [-0.25, -0.2) is 0 Å². The Hall–Kier alpha value is -0.610. The average Bonchev–Trinajstić information content (AvgIpc) is 2.83. The van der Waals surface area contributed by atoms with Gasteiger partial charge in [0.1, 0.15) is 0 Å². The van der Waals surface area contributed by atoms with E-state index in [1.807, 2.05) is 0 Å². The topological polar surface area (TPSA) is 0 Å². The molecule has 0 amide bonds. The molecule has 3 atom stereocenters. The molecule has 1 aliphatic carbocycles. The first-order valence-corrected chi connectivity index (χ1v) is 6.72. The number of hydrogen-bond acceptors (Lipinski definition) is 0. The van der Waals surface area contributed by atoms with Crippen LogP contribution in [0, 0.1) is 5.41 Å². The van der Waals surface area contributed by atoms with Gasteiger partial charge in [-0.2, -0.15) is 0 Å². The minimum absolute atomic E-state index is 0.0226. The van der Waals surface area contributed by atoms with Crippen molar-refractivity contribution in [2.75, 3.05) is 0 Å². The van der Waals surface area contributed by atoms with Gasteiger partial charge in [-0.1, -0.05) is 48.6 Å². The van der Waals surface area contributed by atoms with Crippen LogP contribution in [0.1, 0.15) is 20.3 Å². The first-order chi connectivity index (χ1) is 6.72. The van der Waals surface area contributed by atoms with Crippen molar-refractivity contribution in [1.29, 1.82) is 0 Å². The largest absolute Gasteiger partial charge is 0.0659 e. The molecule has 1 heterocycles. The average molecular weight is 202 g/mol. The molecule has 3 rings (SSSR count). The molecule has 1 aromatic carbocycles. The molecule has 1 heteroatoms. The van der Waals surface area contributed by atoms with Crippen molar-refractivity contribution in [3.8, 4) is 0 Å². The maximum absolute atomic E-state index is 2.54. The molecular weight excluding hydrogens is 187 g/mol. The summed E-state index contributed by atoms with van der Waals surface area (Å²) >= 11 is 0. The maximum atomic E-state index is 2.54. The van der Waals surface area contributed by atoms with Crippen molar-refractivity contribution in [3.63, 3.8) is 0 Å². The summed E-state index contributed by atoms with van der Waals surface area (Å²) in [5, 5.41) is 1.56. The third kappa shape index (κ3) is 1.04. The van der Waals surface area contributed by atoms with E-state index in [-0.39, 0.29) is 7.92 Å². The Morgan fingerprint density at radius 2 is 2.00 bits per heavy atom. The van der Waals surface area contributed by atoms with E-state index >= 15 is 0 Å². The highest BCUT2D eigenvalue weighted by atomic mass is 31.1. The van der Waals surface area contributed by atoms with Crippen LogP contribution in [0.15, 0.2) is 41.7 Å². The molecule has 14 heavy (non-hydrogen) atoms. The normalized spacial score (nSPS) is 39.1. The molecule has 1 fully saturated rings. The smallest absolute Gasteiger partial charge is 0.00343 e. The fraction of sp³-hybridized carbons (Fsp3) is 0.385. The van der Waals surface area contributed by atoms with Gasteiger partial charge in [0.25, 0.3) is 0 Å². The highest BCUT2D eigenvalue weighted by Crippen LogP contribution is 2.73. The minimum atomic E-state index is 0.0226. The molecule has 0 radical (unpaired) electrons. The zero-order chi connectivity index (χ0) is 9.76. The summed E-state index contributed by atoms with van der Waals surface area (Å²) in [5.41, 5.74) is 3.18. The van der Waals surface area contributed by atoms with Gasteiger partial charge in [-0.15, -0.1) is 0 Å². The van der Waals surface area contributed by atoms with Crippen molar-refractivity contribution in [1.82, 2.24) is 0 Å². The summed E-state index contributed by atoms with van der Waals surface area (Å²) in [7, 11) is 0.0226. The highest BCUT2D eigenvalue weighted by molar-refractivity contribution is 7.70. The first kappa shape index (κ1) is 8.68. The van der Waals surface area contributed by atoms with Gasteiger partial charge in [0.05, 0.1) is 0 Å². The molecule has 0 nitrogen and oxygen atoms in total. The van der Waals surface area contributed by atoms with Gasteiger partial charge >= 0.3 is 0 Å². The van der Waals surface area contributed by atoms with E-state index in [4.69, 9.17) is 0 Å². The predicted octanol–water partition coefficient (Wildman–Crippen LogP) is 3.49. The lowest BCUT2D eigenvalue weighted by Gasteiger charge is -2.09. The lowest BCUT2D eigenvalue weighted by Crippen LogP contribution is -2.01. The van der Waals surface area contributed by atoms with Crippen LogP contribution in [0.2, 0.25) is 0 Å². The van der Waals surface area contributed by atoms with Crippen molar-refractivity contribution in [3.05, 3.63) is 41.7 Å². The van der Waals surface area contributed by atoms with Crippen LogP contribution in [-0.2, 0) is 0 Å². The molecule has 0 saturated heterocycles. The van der Waals surface area contributed by atoms with Crippen LogP contribution in [0.5, 0.6) is 0 Å². The lowest BCUT2D eigenvalue weighted by atomic mass is 10.0. The standard InChI is InChI=1S/C13H15P/c1-10-9-14(12-8-13(10,12)2)11-6-4-3-5-7-11/h3-7,9,12H,8H2,1-2H3/t12-,13-,14+/m1/s1. The molecule has 0 N–H and O–H groups in total. The molecule has 0 bridgehead atoms. The van der Waals surface area contributed by atoms with Gasteiger partial charge < -0.3 is 0 Å². The van der Waals surface area contributed by atoms with Crippen LogP contribution in [0.4, 0.5) is 0 Å². The third-order valence-electron chi connectivity index (χ3n) is 3.82. The second-order valence-electron chi connectivity index (χ2n) is 4.69. The SMILES string of the molecule is CC1=C[P@@](c2ccccc2)[C@@H]2C[C@]12C. The summed E-state index contributed by atoms with van der Waals surface area (Å²) in [4.78, 5) is 0. The van der Waals surface area contributed by atoms with Crippen LogP contribution in [0.25, 0.3) is 0 Å². The summed E-state index contributed by atoms with van der Waals surface area (Å²) in [5.74, 6) is 2.54. The number of hydrogen-bond donors (Lipinski definition) is 0. The van der Waals surface area contributed by atoms with Crippen LogP contribution >= 0.6 is 7.92 Å². The van der Waals surface area contributed by atoms with Gasteiger partial charge in [0, 0.05) is 0 Å². The van der Waals surface area contributed by atoms with Gasteiger partial charge in [0.2, 0.25) is 0 Å². The molecule has 72 valence electrons. The zero-order valence-corrected chi connectivity index (χ0v) is 9.59. The third-order valence-corrected chi connectivity index (χ3v) is 6.80. The number of benzene rings is 1. The van der Waals surface area contributed by atoms with E-state index in [1.54, 1.807) is 10.9 Å². The Bertz CT molecular complexity index is 393. The van der Waals surface area contributed by atoms with Crippen molar-refractivity contribution in [2.45, 2.75) is 25.9 Å². The molecule has 0 aromatic heterocycles. The van der Waals surface area contributed by atoms with E-state index in [9.17, 15) is 0 Å². The van der Waals surface area contributed by atoms with Crippen molar-refractivity contribution in [2.24, 2.45) is 5.41 Å². The molecule has 1 aliphatic heterocycles. The summed E-state index contributed by atoms with van der Waals surface area (Å²) in [6, 6.07) is 11.0. The van der Waals surface area contributed by atoms with Crippen LogP contribution in [-0.4, -0.2) is 5.66 Å². The van der Waals surface area contributed by atoms with Gasteiger partial charge in [-0.05, 0) is 37.6 Å². The summed E-state index contributed by atoms with van der Waals surface area (Å²) < 4.78 is 0. The highest BCUT2D eigenvalue weighted by Gasteiger charge is 2.58. The molecular formula is C13H15P. The number of fused-ring (bicyclic) bond motifs is 1. The first-order valence-electron chi connectivity index (χ1n) is 5.24.